The molecule has 2 rings (SSSR count). The predicted molar refractivity (Wildman–Crippen MR) is 58.2 cm³/mol. The number of nitrogens with one attached hydrogen (secondary N) is 1. The van der Waals surface area contributed by atoms with Crippen molar-refractivity contribution in [3.63, 3.8) is 0 Å². The second-order valence-corrected chi connectivity index (χ2v) is 4.36. The zero-order chi connectivity index (χ0) is 15.0. The fraction of sp³-hybridized carbons (Fsp3) is 0.0833. The number of H-pyrrole nitrogens is 1. The average Bonchev–Trinajstić information content (AvgIpc) is 2.37. The quantitative estimate of drug-likeness (QED) is 0.636. The topological polar surface area (TPSA) is 142 Å². The molecule has 108 valence electrons. The van der Waals surface area contributed by atoms with Crippen molar-refractivity contribution in [2.75, 3.05) is 5.73 Å². The van der Waals surface area contributed by atoms with Crippen LogP contribution in [0.2, 0.25) is 0 Å². The highest BCUT2D eigenvalue weighted by atomic mass is 35.7. The third-order valence-electron chi connectivity index (χ3n) is 2.09. The molecular weight excluding hydrogens is 288 g/mol. The van der Waals surface area contributed by atoms with Gasteiger partial charge in [0.15, 0.2) is 0 Å². The van der Waals surface area contributed by atoms with Gasteiger partial charge >= 0.3 is 5.82 Å². The summed E-state index contributed by atoms with van der Waals surface area (Å²) in [5.41, 5.74) is 6.83. The Morgan fingerprint density at radius 1 is 1.00 bits per heavy atom. The second kappa shape index (κ2) is 7.63. The largest absolute Gasteiger partial charge is 0.481 e. The zero-order valence-corrected chi connectivity index (χ0v) is 11.1. The summed E-state index contributed by atoms with van der Waals surface area (Å²) in [6.07, 6.45) is 1.77. The number of aromatic amines is 1. The summed E-state index contributed by atoms with van der Waals surface area (Å²) in [5, 5.41) is 0. The van der Waals surface area contributed by atoms with Crippen molar-refractivity contribution in [3.8, 4) is 5.75 Å². The molecule has 0 unspecified atom stereocenters. The number of ether oxygens (including phenoxy) is 1. The predicted octanol–water partition coefficient (Wildman–Crippen LogP) is -3.09. The van der Waals surface area contributed by atoms with E-state index < -0.39 is 10.2 Å². The number of nitrogen functional groups attached to an aromatic ring is 1. The third-order valence-corrected chi connectivity index (χ3v) is 2.09. The van der Waals surface area contributed by atoms with Gasteiger partial charge in [0, 0.05) is 0 Å². The van der Waals surface area contributed by atoms with Gasteiger partial charge in [0.2, 0.25) is 5.75 Å². The number of aromatic nitrogens is 1. The number of rotatable bonds is 3. The molecule has 1 aromatic heterocycles. The van der Waals surface area contributed by atoms with E-state index in [2.05, 4.69) is 4.98 Å². The van der Waals surface area contributed by atoms with Crippen molar-refractivity contribution in [3.05, 3.63) is 54.2 Å². The van der Waals surface area contributed by atoms with Crippen molar-refractivity contribution in [1.29, 1.82) is 0 Å². The number of nitrogens with two attached hydrogens (primary N) is 1. The molecule has 7 nitrogen and oxygen atoms in total. The van der Waals surface area contributed by atoms with E-state index >= 15 is 0 Å². The van der Waals surface area contributed by atoms with Gasteiger partial charge < -0.3 is 4.74 Å². The Labute approximate surface area is 117 Å². The van der Waals surface area contributed by atoms with E-state index in [-0.39, 0.29) is 0 Å². The third kappa shape index (κ3) is 7.52. The van der Waals surface area contributed by atoms with Crippen LogP contribution in [0.15, 0.2) is 48.7 Å². The number of benzene rings is 1. The fourth-order valence-corrected chi connectivity index (χ4v) is 1.30. The normalized spacial score (nSPS) is 10.4. The second-order valence-electron chi connectivity index (χ2n) is 3.60. The van der Waals surface area contributed by atoms with Crippen molar-refractivity contribution >= 4 is 5.82 Å². The average molecular weight is 301 g/mol. The monoisotopic (exact) mass is 300 g/mol. The molecule has 0 bridgehead atoms. The van der Waals surface area contributed by atoms with Gasteiger partial charge in [-0.3, -0.25) is 5.73 Å². The molecule has 0 fully saturated rings. The summed E-state index contributed by atoms with van der Waals surface area (Å²) >= 11 is 0. The lowest BCUT2D eigenvalue weighted by Crippen LogP contribution is -2.68. The highest BCUT2D eigenvalue weighted by molar-refractivity contribution is 5.39. The van der Waals surface area contributed by atoms with Crippen LogP contribution < -0.4 is 34.1 Å². The van der Waals surface area contributed by atoms with Crippen LogP contribution >= 0.6 is 0 Å². The lowest BCUT2D eigenvalue weighted by Gasteiger charge is -2.17. The molecule has 0 aliphatic rings. The van der Waals surface area contributed by atoms with E-state index in [9.17, 15) is 0 Å². The van der Waals surface area contributed by atoms with E-state index in [0.29, 0.717) is 18.2 Å². The molecule has 3 N–H and O–H groups in total. The van der Waals surface area contributed by atoms with Crippen molar-refractivity contribution in [2.45, 2.75) is 6.61 Å². The van der Waals surface area contributed by atoms with Crippen molar-refractivity contribution in [1.82, 2.24) is 0 Å². The summed E-state index contributed by atoms with van der Waals surface area (Å²) in [6.45, 7) is 0.531. The minimum absolute atomic E-state index is 0.531. The number of pyridine rings is 1. The van der Waals surface area contributed by atoms with E-state index in [4.69, 9.17) is 29.1 Å². The van der Waals surface area contributed by atoms with Crippen LogP contribution in [0.1, 0.15) is 5.56 Å². The molecule has 0 aliphatic heterocycles. The highest BCUT2D eigenvalue weighted by Crippen LogP contribution is 2.15. The van der Waals surface area contributed by atoms with E-state index in [1.54, 1.807) is 6.20 Å². The number of halogens is 1. The molecule has 1 aromatic carbocycles. The van der Waals surface area contributed by atoms with Gasteiger partial charge in [0.1, 0.15) is 6.61 Å². The molecule has 0 aliphatic carbocycles. The first-order valence-electron chi connectivity index (χ1n) is 5.41. The summed E-state index contributed by atoms with van der Waals surface area (Å²) in [7, 11) is -4.94. The Hall–Kier alpha value is -1.90. The van der Waals surface area contributed by atoms with Crippen LogP contribution in [-0.2, 0) is 6.61 Å². The molecule has 0 radical (unpaired) electrons. The lowest BCUT2D eigenvalue weighted by atomic mass is 10.2. The van der Waals surface area contributed by atoms with Crippen molar-refractivity contribution in [2.24, 2.45) is 0 Å². The number of hydrogen-bond acceptors (Lipinski definition) is 6. The Morgan fingerprint density at radius 2 is 1.60 bits per heavy atom. The van der Waals surface area contributed by atoms with Gasteiger partial charge in [-0.25, -0.2) is 23.6 Å². The van der Waals surface area contributed by atoms with Gasteiger partial charge in [0.05, 0.1) is 6.20 Å². The van der Waals surface area contributed by atoms with Crippen LogP contribution in [0.5, 0.6) is 5.75 Å². The molecule has 20 heavy (non-hydrogen) atoms. The number of hydrogen-bond donors (Lipinski definition) is 1. The maximum absolute atomic E-state index is 8.49. The molecule has 0 saturated carbocycles. The Morgan fingerprint density at radius 3 is 2.15 bits per heavy atom. The molecule has 0 amide bonds. The minimum atomic E-state index is -4.94. The Balaban J connectivity index is 0.000000347. The summed E-state index contributed by atoms with van der Waals surface area (Å²) < 4.78 is 39.5. The zero-order valence-electron chi connectivity index (χ0n) is 10.3. The summed E-state index contributed by atoms with van der Waals surface area (Å²) in [4.78, 5) is 2.89. The van der Waals surface area contributed by atoms with E-state index in [1.165, 1.54) is 0 Å². The van der Waals surface area contributed by atoms with Gasteiger partial charge in [-0.05, 0) is 17.7 Å². The molecular formula is C12H13ClN2O5. The maximum Gasteiger partial charge on any atom is 0.313 e. The smallest absolute Gasteiger partial charge is 0.313 e. The molecule has 2 aromatic rings. The first-order chi connectivity index (χ1) is 9.36. The molecule has 1 heterocycles. The van der Waals surface area contributed by atoms with Gasteiger partial charge in [-0.15, -0.1) is 10.2 Å². The molecule has 0 saturated heterocycles. The number of anilines is 1. The molecule has 0 spiro atoms. The van der Waals surface area contributed by atoms with Crippen LogP contribution in [0.25, 0.3) is 0 Å². The maximum atomic E-state index is 8.49. The summed E-state index contributed by atoms with van der Waals surface area (Å²) in [5.74, 6) is 1.23. The first-order valence-corrected chi connectivity index (χ1v) is 6.64. The SMILES string of the molecule is Nc1[nH+]cccc1OCc1ccccc1.[O-][Cl+3]([O-])([O-])[O-]. The Bertz CT molecular complexity index is 513. The van der Waals surface area contributed by atoms with Gasteiger partial charge in [0.25, 0.3) is 0 Å². The highest BCUT2D eigenvalue weighted by Gasteiger charge is 2.04. The van der Waals surface area contributed by atoms with Crippen LogP contribution in [0.3, 0.4) is 0 Å². The van der Waals surface area contributed by atoms with E-state index in [0.717, 1.165) is 5.56 Å². The van der Waals surface area contributed by atoms with Crippen LogP contribution in [0.4, 0.5) is 5.82 Å². The van der Waals surface area contributed by atoms with Gasteiger partial charge in [-0.1, -0.05) is 30.3 Å². The van der Waals surface area contributed by atoms with Crippen LogP contribution in [-0.4, -0.2) is 0 Å². The van der Waals surface area contributed by atoms with Crippen molar-refractivity contribution < 1.29 is 38.6 Å². The standard InChI is InChI=1S/C12H12N2O.ClHO4/c13-12-11(7-4-8-14-12)15-9-10-5-2-1-3-6-10;2-1(3,4)5/h1-8H,9H2,(H2,13,14);(H,2,3,4,5). The Kier molecular flexibility index (Phi) is 6.16. The molecule has 8 heteroatoms. The minimum Gasteiger partial charge on any atom is -0.481 e. The summed E-state index contributed by atoms with van der Waals surface area (Å²) in [6, 6.07) is 13.7. The first kappa shape index (κ1) is 16.2. The lowest BCUT2D eigenvalue weighted by molar-refractivity contribution is -2.00. The molecule has 0 atom stereocenters. The fourth-order valence-electron chi connectivity index (χ4n) is 1.30. The van der Waals surface area contributed by atoms with E-state index in [1.807, 2.05) is 42.5 Å². The van der Waals surface area contributed by atoms with Crippen LogP contribution in [0, 0.1) is 10.2 Å². The van der Waals surface area contributed by atoms with Gasteiger partial charge in [-0.2, -0.15) is 0 Å².